The minimum Gasteiger partial charge on any atom is -0.481 e. The third-order valence-electron chi connectivity index (χ3n) is 1.49. The first-order valence-corrected chi connectivity index (χ1v) is 3.57. The van der Waals surface area contributed by atoms with E-state index in [4.69, 9.17) is 20.7 Å². The summed E-state index contributed by atoms with van der Waals surface area (Å²) in [6.07, 6.45) is -0.684. The zero-order valence-corrected chi connectivity index (χ0v) is 7.06. The zero-order chi connectivity index (χ0) is 11.3. The van der Waals surface area contributed by atoms with Crippen LogP contribution in [0.15, 0.2) is 0 Å². The van der Waals surface area contributed by atoms with Gasteiger partial charge in [-0.25, -0.2) is 4.79 Å². The van der Waals surface area contributed by atoms with E-state index in [-0.39, 0.29) is 0 Å². The number of aliphatic hydroxyl groups excluding tert-OH is 1. The second kappa shape index (κ2) is 5.07. The van der Waals surface area contributed by atoms with Crippen molar-refractivity contribution in [2.24, 2.45) is 5.92 Å². The summed E-state index contributed by atoms with van der Waals surface area (Å²) in [5.74, 6) is -5.78. The minimum atomic E-state index is -1.70. The highest BCUT2D eigenvalue weighted by Crippen LogP contribution is 2.06. The standard InChI is InChI=1S/C7H9NO6/c8-5(7(13)14)4(6(11)12)1-3(10)2-9/h4,8-9H,1-2H2,(H,11,12)(H,13,14)/t4-/m0/s1. The van der Waals surface area contributed by atoms with Gasteiger partial charge >= 0.3 is 11.9 Å². The molecule has 0 aliphatic rings. The molecule has 0 rings (SSSR count). The number of Topliss-reactive ketones (excluding diaryl/α,β-unsaturated/α-hetero) is 1. The van der Waals surface area contributed by atoms with Gasteiger partial charge in [0.2, 0.25) is 0 Å². The Kier molecular flexibility index (Phi) is 4.44. The molecular weight excluding hydrogens is 194 g/mol. The van der Waals surface area contributed by atoms with E-state index in [1.54, 1.807) is 0 Å². The number of hydrogen-bond acceptors (Lipinski definition) is 5. The average molecular weight is 203 g/mol. The molecule has 0 fully saturated rings. The normalized spacial score (nSPS) is 11.8. The number of carboxylic acid groups (broad SMARTS) is 2. The Morgan fingerprint density at radius 1 is 1.21 bits per heavy atom. The van der Waals surface area contributed by atoms with E-state index < -0.39 is 42.4 Å². The minimum absolute atomic E-state index is 0.684. The molecule has 0 aromatic heterocycles. The Morgan fingerprint density at radius 2 is 1.71 bits per heavy atom. The lowest BCUT2D eigenvalue weighted by Crippen LogP contribution is -2.31. The van der Waals surface area contributed by atoms with Crippen molar-refractivity contribution in [2.45, 2.75) is 6.42 Å². The van der Waals surface area contributed by atoms with Crippen molar-refractivity contribution in [2.75, 3.05) is 6.61 Å². The van der Waals surface area contributed by atoms with Gasteiger partial charge in [-0.1, -0.05) is 0 Å². The first-order valence-electron chi connectivity index (χ1n) is 3.57. The van der Waals surface area contributed by atoms with E-state index in [0.29, 0.717) is 0 Å². The third-order valence-corrected chi connectivity index (χ3v) is 1.49. The Bertz CT molecular complexity index is 284. The van der Waals surface area contributed by atoms with E-state index in [0.717, 1.165) is 0 Å². The quantitative estimate of drug-likeness (QED) is 0.398. The van der Waals surface area contributed by atoms with Gasteiger partial charge < -0.3 is 15.3 Å². The molecule has 0 amide bonds. The lowest BCUT2D eigenvalue weighted by molar-refractivity contribution is -0.142. The van der Waals surface area contributed by atoms with Crippen LogP contribution in [0.25, 0.3) is 0 Å². The van der Waals surface area contributed by atoms with Crippen molar-refractivity contribution in [3.8, 4) is 0 Å². The lowest BCUT2D eigenvalue weighted by Gasteiger charge is -2.08. The molecule has 78 valence electrons. The number of ketones is 1. The highest BCUT2D eigenvalue weighted by Gasteiger charge is 2.29. The molecule has 0 radical (unpaired) electrons. The van der Waals surface area contributed by atoms with Crippen molar-refractivity contribution in [3.05, 3.63) is 0 Å². The number of aliphatic hydroxyl groups is 1. The average Bonchev–Trinajstić information content (AvgIpc) is 2.11. The largest absolute Gasteiger partial charge is 0.481 e. The number of carboxylic acids is 2. The maximum atomic E-state index is 10.7. The van der Waals surface area contributed by atoms with E-state index in [1.807, 2.05) is 0 Å². The predicted octanol–water partition coefficient (Wildman–Crippen LogP) is -1.26. The number of rotatable bonds is 6. The van der Waals surface area contributed by atoms with Gasteiger partial charge in [0, 0.05) is 6.42 Å². The first kappa shape index (κ1) is 12.2. The zero-order valence-electron chi connectivity index (χ0n) is 7.06. The second-order valence-corrected chi connectivity index (χ2v) is 2.51. The van der Waals surface area contributed by atoms with Crippen molar-refractivity contribution >= 4 is 23.4 Å². The topological polar surface area (TPSA) is 136 Å². The lowest BCUT2D eigenvalue weighted by atomic mass is 9.97. The molecule has 0 heterocycles. The van der Waals surface area contributed by atoms with Crippen LogP contribution in [-0.4, -0.2) is 45.4 Å². The summed E-state index contributed by atoms with van der Waals surface area (Å²) < 4.78 is 0. The van der Waals surface area contributed by atoms with Gasteiger partial charge in [-0.2, -0.15) is 0 Å². The number of nitrogens with one attached hydrogen (secondary N) is 1. The highest BCUT2D eigenvalue weighted by atomic mass is 16.4. The van der Waals surface area contributed by atoms with Crippen LogP contribution in [0.1, 0.15) is 6.42 Å². The van der Waals surface area contributed by atoms with Crippen LogP contribution in [0.4, 0.5) is 0 Å². The van der Waals surface area contributed by atoms with Crippen LogP contribution >= 0.6 is 0 Å². The summed E-state index contributed by atoms with van der Waals surface area (Å²) in [6.45, 7) is -0.864. The molecule has 0 unspecified atom stereocenters. The van der Waals surface area contributed by atoms with Crippen LogP contribution in [0.5, 0.6) is 0 Å². The predicted molar refractivity (Wildman–Crippen MR) is 43.2 cm³/mol. The maximum absolute atomic E-state index is 10.7. The van der Waals surface area contributed by atoms with Gasteiger partial charge in [0.25, 0.3) is 0 Å². The first-order chi connectivity index (χ1) is 6.40. The monoisotopic (exact) mass is 203 g/mol. The van der Waals surface area contributed by atoms with Crippen molar-refractivity contribution in [1.29, 1.82) is 5.41 Å². The Hall–Kier alpha value is -1.76. The number of carbonyl (C=O) groups excluding carboxylic acids is 1. The van der Waals surface area contributed by atoms with Crippen LogP contribution in [0, 0.1) is 11.3 Å². The molecule has 0 aliphatic carbocycles. The SMILES string of the molecule is N=C(C(=O)O)[C@H](CC(=O)CO)C(=O)O. The van der Waals surface area contributed by atoms with Crippen LogP contribution in [-0.2, 0) is 14.4 Å². The van der Waals surface area contributed by atoms with Gasteiger partial charge in [-0.05, 0) is 0 Å². The summed E-state index contributed by atoms with van der Waals surface area (Å²) in [6, 6.07) is 0. The molecule has 0 saturated heterocycles. The Labute approximate surface area is 78.5 Å². The van der Waals surface area contributed by atoms with Crippen LogP contribution in [0.2, 0.25) is 0 Å². The molecular formula is C7H9NO6. The molecule has 1 atom stereocenters. The summed E-state index contributed by atoms with van der Waals surface area (Å²) in [5.41, 5.74) is -1.07. The molecule has 7 heteroatoms. The fourth-order valence-electron chi connectivity index (χ4n) is 0.754. The van der Waals surface area contributed by atoms with E-state index in [2.05, 4.69) is 0 Å². The van der Waals surface area contributed by atoms with Gasteiger partial charge in [0.1, 0.15) is 18.2 Å². The van der Waals surface area contributed by atoms with E-state index >= 15 is 0 Å². The molecule has 0 saturated carbocycles. The molecule has 0 aliphatic heterocycles. The van der Waals surface area contributed by atoms with E-state index in [9.17, 15) is 14.4 Å². The van der Waals surface area contributed by atoms with Crippen LogP contribution < -0.4 is 0 Å². The highest BCUT2D eigenvalue weighted by molar-refractivity contribution is 6.38. The van der Waals surface area contributed by atoms with Gasteiger partial charge in [0.05, 0.1) is 0 Å². The summed E-state index contributed by atoms with van der Waals surface area (Å²) in [4.78, 5) is 31.4. The van der Waals surface area contributed by atoms with Crippen molar-refractivity contribution < 1.29 is 29.7 Å². The molecule has 7 nitrogen and oxygen atoms in total. The molecule has 14 heavy (non-hydrogen) atoms. The number of aliphatic carboxylic acids is 2. The summed E-state index contributed by atoms with van der Waals surface area (Å²) in [7, 11) is 0. The fourth-order valence-corrected chi connectivity index (χ4v) is 0.754. The van der Waals surface area contributed by atoms with Gasteiger partial charge in [-0.15, -0.1) is 0 Å². The van der Waals surface area contributed by atoms with Crippen molar-refractivity contribution in [1.82, 2.24) is 0 Å². The molecule has 4 N–H and O–H groups in total. The number of hydrogen-bond donors (Lipinski definition) is 4. The van der Waals surface area contributed by atoms with Crippen LogP contribution in [0.3, 0.4) is 0 Å². The Balaban J connectivity index is 4.61. The van der Waals surface area contributed by atoms with Gasteiger partial charge in [0.15, 0.2) is 5.78 Å². The van der Waals surface area contributed by atoms with E-state index in [1.165, 1.54) is 0 Å². The molecule has 0 aromatic carbocycles. The molecule has 0 spiro atoms. The molecule has 0 aromatic rings. The Morgan fingerprint density at radius 3 is 2.00 bits per heavy atom. The number of carbonyl (C=O) groups is 3. The summed E-state index contributed by atoms with van der Waals surface area (Å²) >= 11 is 0. The fraction of sp³-hybridized carbons (Fsp3) is 0.429. The summed E-state index contributed by atoms with van der Waals surface area (Å²) in [5, 5.41) is 32.0. The van der Waals surface area contributed by atoms with Crippen molar-refractivity contribution in [3.63, 3.8) is 0 Å². The van der Waals surface area contributed by atoms with Gasteiger partial charge in [-0.3, -0.25) is 15.0 Å². The smallest absolute Gasteiger partial charge is 0.350 e. The molecule has 0 bridgehead atoms. The maximum Gasteiger partial charge on any atom is 0.350 e. The third kappa shape index (κ3) is 3.31. The second-order valence-electron chi connectivity index (χ2n) is 2.51.